The number of carbonyl (C=O) groups excluding carboxylic acids is 2. The maximum Gasteiger partial charge on any atom is 0.242 e. The maximum atomic E-state index is 12.2. The molecule has 1 aromatic heterocycles. The molecule has 118 valence electrons. The number of amides is 2. The zero-order valence-electron chi connectivity index (χ0n) is 13.3. The first-order valence-corrected chi connectivity index (χ1v) is 7.59. The molecule has 0 spiro atoms. The Morgan fingerprint density at radius 3 is 2.64 bits per heavy atom. The third-order valence-electron chi connectivity index (χ3n) is 3.68. The van der Waals surface area contributed by atoms with Crippen LogP contribution in [0, 0.1) is 5.92 Å². The summed E-state index contributed by atoms with van der Waals surface area (Å²) < 4.78 is 0. The number of fused-ring (bicyclic) bond motifs is 1. The van der Waals surface area contributed by atoms with Crippen LogP contribution in [0.2, 0.25) is 0 Å². The van der Waals surface area contributed by atoms with Gasteiger partial charge in [-0.05, 0) is 24.0 Å². The lowest BCUT2D eigenvalue weighted by Crippen LogP contribution is -2.49. The first kappa shape index (κ1) is 16.1. The first-order valence-electron chi connectivity index (χ1n) is 7.59. The fourth-order valence-electron chi connectivity index (χ4n) is 2.52. The summed E-state index contributed by atoms with van der Waals surface area (Å²) in [6.45, 7) is 5.80. The van der Waals surface area contributed by atoms with Crippen LogP contribution in [0.3, 0.4) is 0 Å². The van der Waals surface area contributed by atoms with Gasteiger partial charge in [-0.3, -0.25) is 9.59 Å². The van der Waals surface area contributed by atoms with Gasteiger partial charge in [0.2, 0.25) is 11.8 Å². The average molecular weight is 301 g/mol. The summed E-state index contributed by atoms with van der Waals surface area (Å²) in [5.74, 6) is -0.271. The summed E-state index contributed by atoms with van der Waals surface area (Å²) in [4.78, 5) is 26.6. The van der Waals surface area contributed by atoms with E-state index in [4.69, 9.17) is 0 Å². The number of aromatic amines is 1. The molecule has 3 N–H and O–H groups in total. The monoisotopic (exact) mass is 301 g/mol. The van der Waals surface area contributed by atoms with Gasteiger partial charge in [0.15, 0.2) is 0 Å². The molecule has 0 saturated carbocycles. The van der Waals surface area contributed by atoms with Crippen molar-refractivity contribution in [2.75, 3.05) is 6.54 Å². The Balaban J connectivity index is 1.92. The van der Waals surface area contributed by atoms with Crippen LogP contribution in [0.25, 0.3) is 10.9 Å². The van der Waals surface area contributed by atoms with Crippen molar-refractivity contribution in [2.45, 2.75) is 33.2 Å². The van der Waals surface area contributed by atoms with Crippen LogP contribution in [0.4, 0.5) is 0 Å². The molecule has 0 bridgehead atoms. The zero-order chi connectivity index (χ0) is 16.1. The smallest absolute Gasteiger partial charge is 0.242 e. The van der Waals surface area contributed by atoms with E-state index in [2.05, 4.69) is 21.7 Å². The number of para-hydroxylation sites is 1. The molecule has 5 heteroatoms. The molecular formula is C17H23N3O2. The summed E-state index contributed by atoms with van der Waals surface area (Å²) in [7, 11) is 0. The van der Waals surface area contributed by atoms with Crippen LogP contribution >= 0.6 is 0 Å². The van der Waals surface area contributed by atoms with Crippen molar-refractivity contribution < 1.29 is 9.59 Å². The van der Waals surface area contributed by atoms with Crippen molar-refractivity contribution in [3.63, 3.8) is 0 Å². The van der Waals surface area contributed by atoms with Crippen LogP contribution in [0.15, 0.2) is 30.5 Å². The zero-order valence-corrected chi connectivity index (χ0v) is 13.3. The number of carbonyl (C=O) groups is 2. The molecule has 0 aliphatic heterocycles. The predicted octanol–water partition coefficient (Wildman–Crippen LogP) is 1.99. The van der Waals surface area contributed by atoms with Crippen molar-refractivity contribution in [1.29, 1.82) is 0 Å². The van der Waals surface area contributed by atoms with Gasteiger partial charge >= 0.3 is 0 Å². The van der Waals surface area contributed by atoms with Crippen LogP contribution < -0.4 is 10.6 Å². The summed E-state index contributed by atoms with van der Waals surface area (Å²) in [6, 6.07) is 7.61. The van der Waals surface area contributed by atoms with E-state index in [1.54, 1.807) is 0 Å². The van der Waals surface area contributed by atoms with E-state index in [1.807, 2.05) is 38.2 Å². The minimum Gasteiger partial charge on any atom is -0.361 e. The molecule has 2 amide bonds. The van der Waals surface area contributed by atoms with Crippen LogP contribution in [-0.4, -0.2) is 29.4 Å². The second-order valence-electron chi connectivity index (χ2n) is 5.82. The highest BCUT2D eigenvalue weighted by Crippen LogP contribution is 2.17. The normalized spacial score (nSPS) is 12.4. The van der Waals surface area contributed by atoms with Gasteiger partial charge < -0.3 is 15.6 Å². The fraction of sp³-hybridized carbons (Fsp3) is 0.412. The Bertz CT molecular complexity index is 661. The molecule has 1 heterocycles. The molecule has 0 fully saturated rings. The summed E-state index contributed by atoms with van der Waals surface area (Å²) in [6.07, 6.45) is 2.73. The van der Waals surface area contributed by atoms with Crippen molar-refractivity contribution >= 4 is 22.7 Å². The third kappa shape index (κ3) is 3.87. The highest BCUT2D eigenvalue weighted by atomic mass is 16.2. The molecule has 1 unspecified atom stereocenters. The van der Waals surface area contributed by atoms with Crippen molar-refractivity contribution in [1.82, 2.24) is 15.6 Å². The van der Waals surface area contributed by atoms with Gasteiger partial charge in [0.1, 0.15) is 6.04 Å². The summed E-state index contributed by atoms with van der Waals surface area (Å²) in [5.41, 5.74) is 2.28. The minimum absolute atomic E-state index is 0.0528. The van der Waals surface area contributed by atoms with Gasteiger partial charge in [-0.25, -0.2) is 0 Å². The van der Waals surface area contributed by atoms with Gasteiger partial charge in [-0.2, -0.15) is 0 Å². The summed E-state index contributed by atoms with van der Waals surface area (Å²) >= 11 is 0. The molecular weight excluding hydrogens is 278 g/mol. The quantitative estimate of drug-likeness (QED) is 0.763. The standard InChI is InChI=1S/C17H23N3O2/c1-11(2)16(20-12(3)21)17(22)18-9-8-13-10-19-15-7-5-4-6-14(13)15/h4-7,10-11,16,19H,8-9H2,1-3H3,(H,18,22)(H,20,21). The number of hydrogen-bond donors (Lipinski definition) is 3. The molecule has 22 heavy (non-hydrogen) atoms. The number of rotatable bonds is 6. The highest BCUT2D eigenvalue weighted by Gasteiger charge is 2.22. The molecule has 0 saturated heterocycles. The Morgan fingerprint density at radius 2 is 1.95 bits per heavy atom. The van der Waals surface area contributed by atoms with E-state index < -0.39 is 6.04 Å². The molecule has 1 atom stereocenters. The Labute approximate surface area is 130 Å². The number of nitrogens with one attached hydrogen (secondary N) is 3. The Morgan fingerprint density at radius 1 is 1.23 bits per heavy atom. The third-order valence-corrected chi connectivity index (χ3v) is 3.68. The molecule has 2 aromatic rings. The molecule has 2 rings (SSSR count). The van der Waals surface area contributed by atoms with Crippen LogP contribution in [-0.2, 0) is 16.0 Å². The molecule has 0 aliphatic rings. The second kappa shape index (κ2) is 7.11. The minimum atomic E-state index is -0.486. The van der Waals surface area contributed by atoms with E-state index in [1.165, 1.54) is 17.9 Å². The van der Waals surface area contributed by atoms with Crippen LogP contribution in [0.5, 0.6) is 0 Å². The van der Waals surface area contributed by atoms with Gasteiger partial charge in [0.25, 0.3) is 0 Å². The van der Waals surface area contributed by atoms with E-state index >= 15 is 0 Å². The molecule has 0 radical (unpaired) electrons. The van der Waals surface area contributed by atoms with E-state index in [9.17, 15) is 9.59 Å². The fourth-order valence-corrected chi connectivity index (χ4v) is 2.52. The average Bonchev–Trinajstić information content (AvgIpc) is 2.87. The van der Waals surface area contributed by atoms with E-state index in [0.29, 0.717) is 6.54 Å². The van der Waals surface area contributed by atoms with Crippen molar-refractivity contribution in [2.24, 2.45) is 5.92 Å². The van der Waals surface area contributed by atoms with Crippen LogP contribution in [0.1, 0.15) is 26.3 Å². The number of hydrogen-bond acceptors (Lipinski definition) is 2. The number of H-pyrrole nitrogens is 1. The SMILES string of the molecule is CC(=O)NC(C(=O)NCCc1c[nH]c2ccccc12)C(C)C. The second-order valence-corrected chi connectivity index (χ2v) is 5.82. The van der Waals surface area contributed by atoms with E-state index in [-0.39, 0.29) is 17.7 Å². The van der Waals surface area contributed by atoms with Gasteiger partial charge in [0.05, 0.1) is 0 Å². The topological polar surface area (TPSA) is 74.0 Å². The largest absolute Gasteiger partial charge is 0.361 e. The van der Waals surface area contributed by atoms with Gasteiger partial charge in [-0.15, -0.1) is 0 Å². The Kier molecular flexibility index (Phi) is 5.20. The van der Waals surface area contributed by atoms with Gasteiger partial charge in [0, 0.05) is 30.6 Å². The predicted molar refractivity (Wildman–Crippen MR) is 87.5 cm³/mol. The number of benzene rings is 1. The lowest BCUT2D eigenvalue weighted by molar-refractivity contribution is -0.129. The lowest BCUT2D eigenvalue weighted by atomic mass is 10.0. The highest BCUT2D eigenvalue weighted by molar-refractivity contribution is 5.87. The van der Waals surface area contributed by atoms with E-state index in [0.717, 1.165) is 11.9 Å². The number of aromatic nitrogens is 1. The molecule has 5 nitrogen and oxygen atoms in total. The van der Waals surface area contributed by atoms with Crippen molar-refractivity contribution in [3.8, 4) is 0 Å². The Hall–Kier alpha value is -2.30. The molecule has 0 aliphatic carbocycles. The van der Waals surface area contributed by atoms with Crippen molar-refractivity contribution in [3.05, 3.63) is 36.0 Å². The summed E-state index contributed by atoms with van der Waals surface area (Å²) in [5, 5.41) is 6.78. The lowest BCUT2D eigenvalue weighted by Gasteiger charge is -2.20. The van der Waals surface area contributed by atoms with Gasteiger partial charge in [-0.1, -0.05) is 32.0 Å². The first-order chi connectivity index (χ1) is 10.5. The molecule has 1 aromatic carbocycles. The maximum absolute atomic E-state index is 12.2.